The summed E-state index contributed by atoms with van der Waals surface area (Å²) in [6, 6.07) is 10.5. The molecule has 0 aromatic heterocycles. The Hall–Kier alpha value is -1.37. The Kier molecular flexibility index (Phi) is 4.13. The minimum atomic E-state index is 0.529. The lowest BCUT2D eigenvalue weighted by molar-refractivity contribution is 0.0342. The molecule has 1 N–H and O–H groups in total. The zero-order chi connectivity index (χ0) is 12.1. The third kappa shape index (κ3) is 3.06. The Labute approximate surface area is 102 Å². The number of ether oxygens (including phenoxy) is 1. The van der Waals surface area contributed by atoms with Gasteiger partial charge in [-0.15, -0.1) is 0 Å². The van der Waals surface area contributed by atoms with E-state index in [0.717, 1.165) is 31.6 Å². The molecular weight excluding hydrogens is 212 g/mol. The first-order valence-corrected chi connectivity index (χ1v) is 6.07. The second kappa shape index (κ2) is 5.81. The highest BCUT2D eigenvalue weighted by Gasteiger charge is 2.24. The summed E-state index contributed by atoms with van der Waals surface area (Å²) in [7, 11) is 2.02. The molecule has 1 aromatic rings. The maximum atomic E-state index is 8.75. The molecule has 0 aliphatic carbocycles. The van der Waals surface area contributed by atoms with Crippen LogP contribution in [0.2, 0.25) is 0 Å². The van der Waals surface area contributed by atoms with Crippen molar-refractivity contribution < 1.29 is 4.74 Å². The predicted octanol–water partition coefficient (Wildman–Crippen LogP) is 1.73. The smallest absolute Gasteiger partial charge is 0.0991 e. The molecule has 1 heterocycles. The fourth-order valence-corrected chi connectivity index (χ4v) is 2.40. The third-order valence-corrected chi connectivity index (χ3v) is 3.43. The van der Waals surface area contributed by atoms with Crippen LogP contribution in [0.3, 0.4) is 0 Å². The second-order valence-corrected chi connectivity index (χ2v) is 4.53. The molecule has 90 valence electrons. The van der Waals surface area contributed by atoms with Crippen molar-refractivity contribution in [2.45, 2.75) is 18.9 Å². The molecule has 17 heavy (non-hydrogen) atoms. The second-order valence-electron chi connectivity index (χ2n) is 4.53. The van der Waals surface area contributed by atoms with Gasteiger partial charge in [0, 0.05) is 18.6 Å². The summed E-state index contributed by atoms with van der Waals surface area (Å²) < 4.78 is 5.54. The van der Waals surface area contributed by atoms with Gasteiger partial charge in [-0.25, -0.2) is 0 Å². The maximum absolute atomic E-state index is 8.75. The van der Waals surface area contributed by atoms with E-state index in [2.05, 4.69) is 11.4 Å². The van der Waals surface area contributed by atoms with Gasteiger partial charge in [0.15, 0.2) is 0 Å². The Bertz CT molecular complexity index is 394. The number of nitrogens with one attached hydrogen (secondary N) is 1. The van der Waals surface area contributed by atoms with Crippen LogP contribution in [-0.4, -0.2) is 26.3 Å². The molecule has 1 fully saturated rings. The van der Waals surface area contributed by atoms with Gasteiger partial charge in [0.2, 0.25) is 0 Å². The van der Waals surface area contributed by atoms with Crippen LogP contribution in [0, 0.1) is 17.2 Å². The van der Waals surface area contributed by atoms with E-state index >= 15 is 0 Å². The molecule has 1 aliphatic rings. The molecule has 3 heteroatoms. The number of hydrogen-bond donors (Lipinski definition) is 1. The average molecular weight is 230 g/mol. The molecular formula is C14H18N2O. The lowest BCUT2D eigenvalue weighted by Crippen LogP contribution is -2.41. The van der Waals surface area contributed by atoms with Crippen molar-refractivity contribution >= 4 is 0 Å². The number of benzene rings is 1. The highest BCUT2D eigenvalue weighted by molar-refractivity contribution is 5.31. The van der Waals surface area contributed by atoms with Crippen LogP contribution in [0.1, 0.15) is 17.5 Å². The van der Waals surface area contributed by atoms with Crippen LogP contribution in [0.4, 0.5) is 0 Å². The predicted molar refractivity (Wildman–Crippen MR) is 66.6 cm³/mol. The molecule has 0 saturated carbocycles. The molecule has 2 atom stereocenters. The van der Waals surface area contributed by atoms with E-state index in [1.165, 1.54) is 5.56 Å². The van der Waals surface area contributed by atoms with E-state index in [1.54, 1.807) is 0 Å². The summed E-state index contributed by atoms with van der Waals surface area (Å²) in [6.45, 7) is 1.68. The lowest BCUT2D eigenvalue weighted by Gasteiger charge is -2.31. The molecule has 3 nitrogen and oxygen atoms in total. The molecule has 1 aliphatic heterocycles. The van der Waals surface area contributed by atoms with Gasteiger partial charge in [-0.2, -0.15) is 5.26 Å². The van der Waals surface area contributed by atoms with Gasteiger partial charge < -0.3 is 10.1 Å². The van der Waals surface area contributed by atoms with Crippen molar-refractivity contribution in [1.82, 2.24) is 5.32 Å². The van der Waals surface area contributed by atoms with Crippen LogP contribution in [0.25, 0.3) is 0 Å². The Balaban J connectivity index is 2.01. The number of rotatable bonds is 3. The van der Waals surface area contributed by atoms with Crippen molar-refractivity contribution in [2.24, 2.45) is 5.92 Å². The summed E-state index contributed by atoms with van der Waals surface area (Å²) in [5.41, 5.74) is 2.00. The van der Waals surface area contributed by atoms with Crippen molar-refractivity contribution in [3.8, 4) is 6.07 Å². The highest BCUT2D eigenvalue weighted by atomic mass is 16.5. The molecule has 0 unspecified atom stereocenters. The highest BCUT2D eigenvalue weighted by Crippen LogP contribution is 2.19. The quantitative estimate of drug-likeness (QED) is 0.860. The average Bonchev–Trinajstić information content (AvgIpc) is 2.40. The fourth-order valence-electron chi connectivity index (χ4n) is 2.40. The van der Waals surface area contributed by atoms with E-state index in [4.69, 9.17) is 10.00 Å². The summed E-state index contributed by atoms with van der Waals surface area (Å²) in [4.78, 5) is 0. The topological polar surface area (TPSA) is 45.0 Å². The van der Waals surface area contributed by atoms with E-state index in [1.807, 2.05) is 31.3 Å². The number of hydrogen-bond acceptors (Lipinski definition) is 3. The molecule has 1 saturated heterocycles. The number of nitrogens with zero attached hydrogens (tertiary/aromatic N) is 1. The summed E-state index contributed by atoms with van der Waals surface area (Å²) >= 11 is 0. The number of nitriles is 1. The molecule has 1 aromatic carbocycles. The van der Waals surface area contributed by atoms with Crippen molar-refractivity contribution in [1.29, 1.82) is 5.26 Å². The standard InChI is InChI=1S/C14H18N2O/c1-16-14-6-7-17-10-13(14)8-11-2-4-12(9-15)5-3-11/h2-5,13-14,16H,6-8,10H2,1H3/t13-,14-/m0/s1. The van der Waals surface area contributed by atoms with Crippen LogP contribution >= 0.6 is 0 Å². The van der Waals surface area contributed by atoms with Crippen molar-refractivity contribution in [2.75, 3.05) is 20.3 Å². The first kappa shape index (κ1) is 12.1. The van der Waals surface area contributed by atoms with E-state index in [9.17, 15) is 0 Å². The molecule has 0 radical (unpaired) electrons. The van der Waals surface area contributed by atoms with Crippen LogP contribution < -0.4 is 5.32 Å². The van der Waals surface area contributed by atoms with Gasteiger partial charge in [-0.3, -0.25) is 0 Å². The Morgan fingerprint density at radius 3 is 2.82 bits per heavy atom. The SMILES string of the molecule is CN[C@H]1CCOC[C@@H]1Cc1ccc(C#N)cc1. The van der Waals surface area contributed by atoms with Crippen LogP contribution in [0.15, 0.2) is 24.3 Å². The van der Waals surface area contributed by atoms with Crippen LogP contribution in [-0.2, 0) is 11.2 Å². The largest absolute Gasteiger partial charge is 0.381 e. The zero-order valence-corrected chi connectivity index (χ0v) is 10.1. The van der Waals surface area contributed by atoms with Crippen molar-refractivity contribution in [3.63, 3.8) is 0 Å². The fraction of sp³-hybridized carbons (Fsp3) is 0.500. The van der Waals surface area contributed by atoms with E-state index < -0.39 is 0 Å². The summed E-state index contributed by atoms with van der Waals surface area (Å²) in [5, 5.41) is 12.1. The molecule has 0 amide bonds. The Morgan fingerprint density at radius 1 is 1.41 bits per heavy atom. The normalized spacial score (nSPS) is 24.2. The first-order chi connectivity index (χ1) is 8.33. The minimum absolute atomic E-state index is 0.529. The van der Waals surface area contributed by atoms with Gasteiger partial charge in [0.1, 0.15) is 0 Å². The van der Waals surface area contributed by atoms with Gasteiger partial charge in [0.05, 0.1) is 18.2 Å². The summed E-state index contributed by atoms with van der Waals surface area (Å²) in [5.74, 6) is 0.529. The third-order valence-electron chi connectivity index (χ3n) is 3.43. The van der Waals surface area contributed by atoms with Crippen LogP contribution in [0.5, 0.6) is 0 Å². The van der Waals surface area contributed by atoms with Gasteiger partial charge >= 0.3 is 0 Å². The molecule has 2 rings (SSSR count). The summed E-state index contributed by atoms with van der Waals surface area (Å²) in [6.07, 6.45) is 2.09. The zero-order valence-electron chi connectivity index (χ0n) is 10.1. The van der Waals surface area contributed by atoms with E-state index in [0.29, 0.717) is 12.0 Å². The molecule has 0 spiro atoms. The van der Waals surface area contributed by atoms with Crippen molar-refractivity contribution in [3.05, 3.63) is 35.4 Å². The van der Waals surface area contributed by atoms with Gasteiger partial charge in [-0.1, -0.05) is 12.1 Å². The van der Waals surface area contributed by atoms with Gasteiger partial charge in [-0.05, 0) is 37.6 Å². The van der Waals surface area contributed by atoms with E-state index in [-0.39, 0.29) is 0 Å². The first-order valence-electron chi connectivity index (χ1n) is 6.07. The monoisotopic (exact) mass is 230 g/mol. The molecule has 0 bridgehead atoms. The minimum Gasteiger partial charge on any atom is -0.381 e. The maximum Gasteiger partial charge on any atom is 0.0991 e. The Morgan fingerprint density at radius 2 is 2.18 bits per heavy atom. The van der Waals surface area contributed by atoms with Gasteiger partial charge in [0.25, 0.3) is 0 Å². The lowest BCUT2D eigenvalue weighted by atomic mass is 9.89.